The van der Waals surface area contributed by atoms with Gasteiger partial charge in [0.1, 0.15) is 17.1 Å². The minimum Gasteiger partial charge on any atom is -0.444 e. The fourth-order valence-electron chi connectivity index (χ4n) is 4.77. The van der Waals surface area contributed by atoms with Crippen LogP contribution in [-0.2, 0) is 11.3 Å². The third-order valence-corrected chi connectivity index (χ3v) is 6.61. The first kappa shape index (κ1) is 27.3. The summed E-state index contributed by atoms with van der Waals surface area (Å²) in [5, 5.41) is 9.50. The lowest BCUT2D eigenvalue weighted by molar-refractivity contribution is 0.00474. The van der Waals surface area contributed by atoms with E-state index in [2.05, 4.69) is 4.98 Å². The molecule has 2 heterocycles. The van der Waals surface area contributed by atoms with E-state index < -0.39 is 11.7 Å². The molecule has 8 nitrogen and oxygen atoms in total. The third-order valence-electron chi connectivity index (χ3n) is 6.61. The lowest BCUT2D eigenvalue weighted by Gasteiger charge is -2.38. The number of likely N-dealkylation sites (tertiary alicyclic amines) is 1. The topological polar surface area (TPSA) is 87.9 Å². The Kier molecular flexibility index (Phi) is 8.46. The number of aliphatic hydroxyl groups is 1. The van der Waals surface area contributed by atoms with Crippen LogP contribution in [0.3, 0.4) is 0 Å². The summed E-state index contributed by atoms with van der Waals surface area (Å²) in [5.74, 6) is -0.408. The first-order valence-corrected chi connectivity index (χ1v) is 12.9. The maximum Gasteiger partial charge on any atom is 0.410 e. The molecule has 0 spiro atoms. The number of aliphatic hydroxyl groups excluding tert-OH is 1. The largest absolute Gasteiger partial charge is 0.444 e. The van der Waals surface area contributed by atoms with Crippen molar-refractivity contribution >= 4 is 12.0 Å². The first-order chi connectivity index (χ1) is 18.2. The molecule has 0 saturated carbocycles. The van der Waals surface area contributed by atoms with E-state index in [0.717, 1.165) is 16.7 Å². The highest BCUT2D eigenvalue weighted by Gasteiger charge is 2.33. The van der Waals surface area contributed by atoms with Crippen molar-refractivity contribution in [3.05, 3.63) is 78.1 Å². The van der Waals surface area contributed by atoms with E-state index in [1.54, 1.807) is 34.5 Å². The molecular formula is C29H35FN4O4. The molecule has 0 unspecified atom stereocenters. The van der Waals surface area contributed by atoms with Crippen LogP contribution in [0.15, 0.2) is 61.1 Å². The quantitative estimate of drug-likeness (QED) is 0.491. The Labute approximate surface area is 222 Å². The normalized spacial score (nSPS) is 14.4. The molecule has 0 bridgehead atoms. The maximum atomic E-state index is 13.5. The van der Waals surface area contributed by atoms with Crippen molar-refractivity contribution in [2.75, 3.05) is 26.2 Å². The number of piperidine rings is 1. The Morgan fingerprint density at radius 1 is 1.11 bits per heavy atom. The molecule has 4 rings (SSSR count). The van der Waals surface area contributed by atoms with E-state index in [1.807, 2.05) is 49.6 Å². The Morgan fingerprint density at radius 3 is 2.45 bits per heavy atom. The van der Waals surface area contributed by atoms with E-state index in [1.165, 1.54) is 12.1 Å². The van der Waals surface area contributed by atoms with E-state index in [0.29, 0.717) is 38.2 Å². The molecule has 2 aromatic carbocycles. The standard InChI is InChI=1S/C29H35FN4O4/c1-29(2,3)38-28(37)34(16-17-35)24-12-14-32(15-13-24)27(36)26-18-31-20-33(26)19-22-6-4-5-7-25(22)21-8-10-23(30)11-9-21/h4-11,18,20,24,35H,12-17,19H2,1-3H3. The summed E-state index contributed by atoms with van der Waals surface area (Å²) >= 11 is 0. The van der Waals surface area contributed by atoms with Crippen LogP contribution < -0.4 is 0 Å². The maximum absolute atomic E-state index is 13.5. The first-order valence-electron chi connectivity index (χ1n) is 12.9. The summed E-state index contributed by atoms with van der Waals surface area (Å²) in [6, 6.07) is 14.1. The van der Waals surface area contributed by atoms with Crippen molar-refractivity contribution in [2.45, 2.75) is 51.8 Å². The molecule has 3 aromatic rings. The average molecular weight is 523 g/mol. The van der Waals surface area contributed by atoms with Gasteiger partial charge in [-0.25, -0.2) is 14.2 Å². The molecule has 1 N–H and O–H groups in total. The van der Waals surface area contributed by atoms with Crippen LogP contribution in [0.4, 0.5) is 9.18 Å². The number of ether oxygens (including phenoxy) is 1. The van der Waals surface area contributed by atoms with Gasteiger partial charge in [-0.15, -0.1) is 0 Å². The number of carbonyl (C=O) groups excluding carboxylic acids is 2. The van der Waals surface area contributed by atoms with Crippen LogP contribution in [0.5, 0.6) is 0 Å². The van der Waals surface area contributed by atoms with Gasteiger partial charge in [-0.2, -0.15) is 0 Å². The number of hydrogen-bond donors (Lipinski definition) is 1. The lowest BCUT2D eigenvalue weighted by atomic mass is 9.99. The Hall–Kier alpha value is -3.72. The molecular weight excluding hydrogens is 487 g/mol. The van der Waals surface area contributed by atoms with Gasteiger partial charge in [0.2, 0.25) is 0 Å². The third kappa shape index (κ3) is 6.58. The number of hydrogen-bond acceptors (Lipinski definition) is 5. The van der Waals surface area contributed by atoms with E-state index in [9.17, 15) is 19.1 Å². The van der Waals surface area contributed by atoms with Gasteiger partial charge in [0.25, 0.3) is 5.91 Å². The zero-order valence-electron chi connectivity index (χ0n) is 22.1. The number of imidazole rings is 1. The van der Waals surface area contributed by atoms with Crippen molar-refractivity contribution in [3.8, 4) is 11.1 Å². The van der Waals surface area contributed by atoms with Crippen molar-refractivity contribution in [1.82, 2.24) is 19.4 Å². The van der Waals surface area contributed by atoms with Gasteiger partial charge in [-0.3, -0.25) is 4.79 Å². The van der Waals surface area contributed by atoms with Gasteiger partial charge in [0.15, 0.2) is 0 Å². The molecule has 9 heteroatoms. The Balaban J connectivity index is 1.44. The van der Waals surface area contributed by atoms with Gasteiger partial charge in [0.05, 0.1) is 19.1 Å². The highest BCUT2D eigenvalue weighted by molar-refractivity contribution is 5.92. The van der Waals surface area contributed by atoms with Gasteiger partial charge >= 0.3 is 6.09 Å². The summed E-state index contributed by atoms with van der Waals surface area (Å²) in [7, 11) is 0. The van der Waals surface area contributed by atoms with Crippen molar-refractivity contribution in [3.63, 3.8) is 0 Å². The summed E-state index contributed by atoms with van der Waals surface area (Å²) in [4.78, 5) is 33.8. The Bertz CT molecular complexity index is 1240. The number of nitrogens with zero attached hydrogens (tertiary/aromatic N) is 4. The predicted octanol–water partition coefficient (Wildman–Crippen LogP) is 4.57. The van der Waals surface area contributed by atoms with Crippen LogP contribution in [0, 0.1) is 5.82 Å². The van der Waals surface area contributed by atoms with E-state index in [-0.39, 0.29) is 30.9 Å². The number of rotatable bonds is 7. The highest BCUT2D eigenvalue weighted by Crippen LogP contribution is 2.26. The molecule has 1 aliphatic heterocycles. The number of aromatic nitrogens is 2. The van der Waals surface area contributed by atoms with Crippen molar-refractivity contribution in [2.24, 2.45) is 0 Å². The Morgan fingerprint density at radius 2 is 1.79 bits per heavy atom. The molecule has 1 aliphatic rings. The van der Waals surface area contributed by atoms with Crippen LogP contribution in [0.25, 0.3) is 11.1 Å². The van der Waals surface area contributed by atoms with Crippen LogP contribution in [0.2, 0.25) is 0 Å². The average Bonchev–Trinajstić information content (AvgIpc) is 3.35. The minimum absolute atomic E-state index is 0.117. The summed E-state index contributed by atoms with van der Waals surface area (Å²) in [5.41, 5.74) is 2.70. The summed E-state index contributed by atoms with van der Waals surface area (Å²) < 4.78 is 20.8. The number of benzene rings is 2. The van der Waals surface area contributed by atoms with Crippen LogP contribution in [-0.4, -0.2) is 74.3 Å². The van der Waals surface area contributed by atoms with Crippen molar-refractivity contribution < 1.29 is 23.8 Å². The van der Waals surface area contributed by atoms with E-state index in [4.69, 9.17) is 4.74 Å². The second-order valence-corrected chi connectivity index (χ2v) is 10.5. The molecule has 202 valence electrons. The zero-order chi connectivity index (χ0) is 27.3. The number of carbonyl (C=O) groups is 2. The van der Waals surface area contributed by atoms with Gasteiger partial charge < -0.3 is 24.2 Å². The molecule has 0 radical (unpaired) electrons. The molecule has 1 fully saturated rings. The smallest absolute Gasteiger partial charge is 0.410 e. The molecule has 1 saturated heterocycles. The van der Waals surface area contributed by atoms with Crippen LogP contribution >= 0.6 is 0 Å². The molecule has 1 aromatic heterocycles. The molecule has 38 heavy (non-hydrogen) atoms. The molecule has 0 atom stereocenters. The minimum atomic E-state index is -0.630. The fraction of sp³-hybridized carbons (Fsp3) is 0.414. The zero-order valence-corrected chi connectivity index (χ0v) is 22.1. The summed E-state index contributed by atoms with van der Waals surface area (Å²) in [6.07, 6.45) is 3.95. The predicted molar refractivity (Wildman–Crippen MR) is 142 cm³/mol. The van der Waals surface area contributed by atoms with Gasteiger partial charge in [-0.05, 0) is 62.4 Å². The van der Waals surface area contributed by atoms with Crippen LogP contribution in [0.1, 0.15) is 49.7 Å². The number of amides is 2. The fourth-order valence-corrected chi connectivity index (χ4v) is 4.77. The summed E-state index contributed by atoms with van der Waals surface area (Å²) in [6.45, 7) is 6.86. The van der Waals surface area contributed by atoms with Gasteiger partial charge in [0, 0.05) is 32.2 Å². The second-order valence-electron chi connectivity index (χ2n) is 10.5. The number of halogens is 1. The van der Waals surface area contributed by atoms with Gasteiger partial charge in [-0.1, -0.05) is 36.4 Å². The lowest BCUT2D eigenvalue weighted by Crippen LogP contribution is -2.51. The SMILES string of the molecule is CC(C)(C)OC(=O)N(CCO)C1CCN(C(=O)c2cncn2Cc2ccccc2-c2ccc(F)cc2)CC1. The highest BCUT2D eigenvalue weighted by atomic mass is 19.1. The van der Waals surface area contributed by atoms with E-state index >= 15 is 0 Å². The monoisotopic (exact) mass is 522 g/mol. The van der Waals surface area contributed by atoms with Crippen molar-refractivity contribution in [1.29, 1.82) is 0 Å². The second kappa shape index (κ2) is 11.8. The molecule has 2 amide bonds. The molecule has 0 aliphatic carbocycles.